The first-order valence-electron chi connectivity index (χ1n) is 11.8. The summed E-state index contributed by atoms with van der Waals surface area (Å²) in [7, 11) is 0. The van der Waals surface area contributed by atoms with Crippen LogP contribution >= 0.6 is 0 Å². The van der Waals surface area contributed by atoms with E-state index in [4.69, 9.17) is 18.9 Å². The first kappa shape index (κ1) is 28.3. The van der Waals surface area contributed by atoms with E-state index in [2.05, 4.69) is 0 Å². The highest BCUT2D eigenvalue weighted by molar-refractivity contribution is 5.92. The molecule has 0 spiro atoms. The summed E-state index contributed by atoms with van der Waals surface area (Å²) in [6.07, 6.45) is -4.60. The maximum Gasteiger partial charge on any atom is 0.187 e. The third-order valence-electron chi connectivity index (χ3n) is 6.95. The third kappa shape index (κ3) is 6.19. The van der Waals surface area contributed by atoms with Gasteiger partial charge in [0, 0.05) is 12.3 Å². The summed E-state index contributed by atoms with van der Waals surface area (Å²) in [4.78, 5) is 11.9. The fourth-order valence-electron chi connectivity index (χ4n) is 4.80. The highest BCUT2D eigenvalue weighted by atomic mass is 16.7. The van der Waals surface area contributed by atoms with Gasteiger partial charge >= 0.3 is 0 Å². The molecular weight excluding hydrogens is 464 g/mol. The van der Waals surface area contributed by atoms with Gasteiger partial charge in [-0.05, 0) is 25.3 Å². The van der Waals surface area contributed by atoms with E-state index in [1.807, 2.05) is 26.8 Å². The zero-order valence-electron chi connectivity index (χ0n) is 20.5. The molecule has 3 aliphatic rings. The van der Waals surface area contributed by atoms with E-state index in [-0.39, 0.29) is 30.3 Å². The van der Waals surface area contributed by atoms with Crippen LogP contribution in [-0.2, 0) is 23.7 Å². The molecule has 2 aliphatic heterocycles. The van der Waals surface area contributed by atoms with Gasteiger partial charge in [-0.3, -0.25) is 4.79 Å². The number of carbonyl (C=O) groups excluding carboxylic acids is 1. The van der Waals surface area contributed by atoms with Gasteiger partial charge < -0.3 is 49.6 Å². The fourth-order valence-corrected chi connectivity index (χ4v) is 4.80. The number of carbonyl (C=O) groups is 1. The first-order valence-corrected chi connectivity index (χ1v) is 11.8. The van der Waals surface area contributed by atoms with Gasteiger partial charge in [-0.1, -0.05) is 31.6 Å². The van der Waals surface area contributed by atoms with Crippen LogP contribution in [0.1, 0.15) is 34.1 Å². The van der Waals surface area contributed by atoms with Gasteiger partial charge in [-0.25, -0.2) is 0 Å². The molecule has 0 bridgehead atoms. The molecule has 2 heterocycles. The molecule has 0 aromatic rings. The smallest absolute Gasteiger partial charge is 0.187 e. The Kier molecular flexibility index (Phi) is 8.91. The molecule has 0 saturated carbocycles. The molecule has 11 heteroatoms. The van der Waals surface area contributed by atoms with Gasteiger partial charge in [0.1, 0.15) is 36.1 Å². The highest BCUT2D eigenvalue weighted by Crippen LogP contribution is 2.40. The van der Waals surface area contributed by atoms with Crippen molar-refractivity contribution in [3.05, 3.63) is 23.8 Å². The number of aliphatic hydroxyl groups excluding tert-OH is 5. The Labute approximate surface area is 204 Å². The van der Waals surface area contributed by atoms with Crippen molar-refractivity contribution in [2.24, 2.45) is 11.3 Å². The van der Waals surface area contributed by atoms with Gasteiger partial charge in [-0.15, -0.1) is 0 Å². The Morgan fingerprint density at radius 1 is 1.17 bits per heavy atom. The first-order chi connectivity index (χ1) is 16.3. The summed E-state index contributed by atoms with van der Waals surface area (Å²) in [6, 6.07) is 0. The lowest BCUT2D eigenvalue weighted by Crippen LogP contribution is -2.60. The number of hydrogen-bond donors (Lipinski definition) is 6. The molecule has 200 valence electrons. The largest absolute Gasteiger partial charge is 0.393 e. The van der Waals surface area contributed by atoms with Crippen LogP contribution < -0.4 is 0 Å². The van der Waals surface area contributed by atoms with Crippen LogP contribution in [0.15, 0.2) is 23.8 Å². The number of hydrogen-bond acceptors (Lipinski definition) is 11. The second-order valence-electron chi connectivity index (χ2n) is 10.5. The number of ketones is 1. The van der Waals surface area contributed by atoms with Crippen molar-refractivity contribution in [2.45, 2.75) is 88.9 Å². The summed E-state index contributed by atoms with van der Waals surface area (Å²) in [5.74, 6) is 0.116. The Balaban J connectivity index is 1.60. The standard InChI is InChI=1S/C24H38O11/c1-12-7-14(26)8-23(3,4)15(12)6-5-13(2)34-21-19(29)18(28)17(27)16(35-21)9-32-22-20(30)24(31,10-25)11-33-22/h5-7,13,15-22,25,27-31H,8-11H2,1-4H3/b6-5+/t13-,15+,16-,17-,18+,19-,20+,21+,22-,24-/m1/s1. The van der Waals surface area contributed by atoms with Crippen molar-refractivity contribution in [1.29, 1.82) is 0 Å². The molecule has 10 atom stereocenters. The third-order valence-corrected chi connectivity index (χ3v) is 6.95. The van der Waals surface area contributed by atoms with Crippen molar-refractivity contribution < 1.29 is 54.4 Å². The van der Waals surface area contributed by atoms with Gasteiger partial charge in [-0.2, -0.15) is 0 Å². The molecule has 0 radical (unpaired) electrons. The summed E-state index contributed by atoms with van der Waals surface area (Å²) in [6.45, 7) is 6.24. The number of ether oxygens (including phenoxy) is 4. The van der Waals surface area contributed by atoms with E-state index >= 15 is 0 Å². The summed E-state index contributed by atoms with van der Waals surface area (Å²) in [5.41, 5.74) is -1.18. The topological polar surface area (TPSA) is 175 Å². The average Bonchev–Trinajstić information content (AvgIpc) is 3.06. The molecule has 3 rings (SSSR count). The zero-order valence-corrected chi connectivity index (χ0v) is 20.5. The predicted octanol–water partition coefficient (Wildman–Crippen LogP) is -1.23. The summed E-state index contributed by atoms with van der Waals surface area (Å²) < 4.78 is 22.0. The van der Waals surface area contributed by atoms with Gasteiger partial charge in [0.25, 0.3) is 0 Å². The maximum atomic E-state index is 11.9. The molecule has 0 aromatic heterocycles. The van der Waals surface area contributed by atoms with Crippen molar-refractivity contribution in [3.63, 3.8) is 0 Å². The van der Waals surface area contributed by atoms with Crippen LogP contribution in [0.4, 0.5) is 0 Å². The molecule has 6 N–H and O–H groups in total. The maximum absolute atomic E-state index is 11.9. The molecule has 0 amide bonds. The minimum absolute atomic E-state index is 0.0208. The molecule has 11 nitrogen and oxygen atoms in total. The van der Waals surface area contributed by atoms with E-state index in [0.29, 0.717) is 6.42 Å². The monoisotopic (exact) mass is 502 g/mol. The molecule has 0 aromatic carbocycles. The van der Waals surface area contributed by atoms with E-state index in [0.717, 1.165) is 5.57 Å². The SMILES string of the molecule is CC1=CC(=O)CC(C)(C)[C@H]1/C=C/[C@@H](C)O[C@H]1O[C@H](CO[C@@H]2OC[C@](O)(CO)[C@H]2O)[C@@H](O)[C@H](O)[C@H]1O. The molecule has 0 unspecified atom stereocenters. The van der Waals surface area contributed by atoms with Crippen LogP contribution in [0.3, 0.4) is 0 Å². The quantitative estimate of drug-likeness (QED) is 0.219. The minimum atomic E-state index is -1.87. The predicted molar refractivity (Wildman–Crippen MR) is 121 cm³/mol. The van der Waals surface area contributed by atoms with Crippen LogP contribution in [0.2, 0.25) is 0 Å². The van der Waals surface area contributed by atoms with E-state index in [9.17, 15) is 35.4 Å². The van der Waals surface area contributed by atoms with Crippen molar-refractivity contribution in [2.75, 3.05) is 19.8 Å². The van der Waals surface area contributed by atoms with Gasteiger partial charge in [0.05, 0.1) is 25.9 Å². The van der Waals surface area contributed by atoms with Crippen LogP contribution in [0.5, 0.6) is 0 Å². The Morgan fingerprint density at radius 2 is 1.86 bits per heavy atom. The Morgan fingerprint density at radius 3 is 2.46 bits per heavy atom. The summed E-state index contributed by atoms with van der Waals surface area (Å²) in [5, 5.41) is 60.4. The minimum Gasteiger partial charge on any atom is -0.393 e. The second kappa shape index (κ2) is 11.0. The second-order valence-corrected chi connectivity index (χ2v) is 10.5. The van der Waals surface area contributed by atoms with Crippen LogP contribution in [-0.4, -0.2) is 111 Å². The lowest BCUT2D eigenvalue weighted by molar-refractivity contribution is -0.314. The van der Waals surface area contributed by atoms with E-state index in [1.165, 1.54) is 0 Å². The normalized spacial score (nSPS) is 42.9. The molecule has 35 heavy (non-hydrogen) atoms. The molecule has 2 saturated heterocycles. The van der Waals surface area contributed by atoms with Crippen molar-refractivity contribution >= 4 is 5.78 Å². The molecular formula is C24H38O11. The van der Waals surface area contributed by atoms with Gasteiger partial charge in [0.15, 0.2) is 18.4 Å². The summed E-state index contributed by atoms with van der Waals surface area (Å²) >= 11 is 0. The van der Waals surface area contributed by atoms with Crippen molar-refractivity contribution in [3.8, 4) is 0 Å². The van der Waals surface area contributed by atoms with Crippen LogP contribution in [0.25, 0.3) is 0 Å². The zero-order chi connectivity index (χ0) is 26.1. The van der Waals surface area contributed by atoms with E-state index in [1.54, 1.807) is 19.1 Å². The Bertz CT molecular complexity index is 811. The van der Waals surface area contributed by atoms with Gasteiger partial charge in [0.2, 0.25) is 0 Å². The van der Waals surface area contributed by atoms with Crippen molar-refractivity contribution in [1.82, 2.24) is 0 Å². The average molecular weight is 503 g/mol. The lowest BCUT2D eigenvalue weighted by atomic mass is 9.68. The number of rotatable bonds is 8. The highest BCUT2D eigenvalue weighted by Gasteiger charge is 2.50. The number of allylic oxidation sites excluding steroid dienone is 3. The fraction of sp³-hybridized carbons (Fsp3) is 0.792. The molecule has 1 aliphatic carbocycles. The molecule has 2 fully saturated rings. The lowest BCUT2D eigenvalue weighted by Gasteiger charge is -2.41. The Hall–Kier alpha value is -1.25. The van der Waals surface area contributed by atoms with E-state index < -0.39 is 61.4 Å². The number of aliphatic hydroxyl groups is 6. The van der Waals surface area contributed by atoms with Crippen LogP contribution in [0, 0.1) is 11.3 Å².